The molecule has 6 aromatic rings. The molecule has 0 bridgehead atoms. The van der Waals surface area contributed by atoms with Crippen molar-refractivity contribution in [2.24, 2.45) is 0 Å². The normalized spacial score (nSPS) is 10.4. The Kier molecular flexibility index (Phi) is 20.3. The number of unbranched alkanes of at least 4 members (excludes halogenated alkanes) is 2. The zero-order valence-corrected chi connectivity index (χ0v) is 36.2. The molecule has 2 radical (unpaired) electrons. The van der Waals surface area contributed by atoms with Crippen molar-refractivity contribution in [1.82, 2.24) is 0 Å². The van der Waals surface area contributed by atoms with Gasteiger partial charge in [0.2, 0.25) is 0 Å². The van der Waals surface area contributed by atoms with Gasteiger partial charge in [0.1, 0.15) is 0 Å². The van der Waals surface area contributed by atoms with E-state index in [9.17, 15) is 0 Å². The Bertz CT molecular complexity index is 1680. The van der Waals surface area contributed by atoms with Crippen molar-refractivity contribution in [2.75, 3.05) is 0 Å². The van der Waals surface area contributed by atoms with E-state index in [2.05, 4.69) is 150 Å². The van der Waals surface area contributed by atoms with E-state index in [1.54, 1.807) is 0 Å². The fraction of sp³-hybridized carbons (Fsp3) is 0.348. The third kappa shape index (κ3) is 12.5. The SMILES string of the molecule is CCCCc1ccccc1-c1cccc2[cH-]c(CCC)cc12.CCCCc1ccccc1-c1cccc2[cH-]c(CCC)cc12.C[Si]C.[Cl][Zr+2][Cl]. The number of rotatable bonds is 12. The first-order valence-electron chi connectivity index (χ1n) is 18.6. The second-order valence-corrected chi connectivity index (χ2v) is 17.7. The number of aryl methyl sites for hydroxylation is 4. The van der Waals surface area contributed by atoms with Crippen LogP contribution in [0.4, 0.5) is 0 Å². The average molecular weight is 799 g/mol. The maximum absolute atomic E-state index is 4.93. The molecule has 0 fully saturated rings. The molecule has 0 spiro atoms. The van der Waals surface area contributed by atoms with Gasteiger partial charge in [-0.2, -0.15) is 12.1 Å². The summed E-state index contributed by atoms with van der Waals surface area (Å²) < 4.78 is 0. The molecular weight excluding hydrogens is 743 g/mol. The summed E-state index contributed by atoms with van der Waals surface area (Å²) in [5.41, 5.74) is 11.5. The molecule has 50 heavy (non-hydrogen) atoms. The molecule has 4 heteroatoms. The second-order valence-electron chi connectivity index (χ2n) is 12.9. The van der Waals surface area contributed by atoms with E-state index in [1.165, 1.54) is 130 Å². The molecule has 0 amide bonds. The van der Waals surface area contributed by atoms with E-state index in [1.807, 2.05) is 0 Å². The molecule has 6 aromatic carbocycles. The van der Waals surface area contributed by atoms with E-state index < -0.39 is 20.8 Å². The van der Waals surface area contributed by atoms with E-state index >= 15 is 0 Å². The van der Waals surface area contributed by atoms with Gasteiger partial charge in [0.25, 0.3) is 0 Å². The fourth-order valence-electron chi connectivity index (χ4n) is 6.67. The molecule has 0 heterocycles. The van der Waals surface area contributed by atoms with Gasteiger partial charge in [-0.1, -0.05) is 138 Å². The van der Waals surface area contributed by atoms with E-state index in [0.717, 1.165) is 9.52 Å². The van der Waals surface area contributed by atoms with Crippen LogP contribution < -0.4 is 0 Å². The molecule has 0 aliphatic rings. The summed E-state index contributed by atoms with van der Waals surface area (Å²) >= 11 is -0.826. The number of fused-ring (bicyclic) bond motifs is 2. The Morgan fingerprint density at radius 2 is 0.860 bits per heavy atom. The Morgan fingerprint density at radius 3 is 1.22 bits per heavy atom. The molecule has 0 aliphatic carbocycles. The van der Waals surface area contributed by atoms with Crippen molar-refractivity contribution in [1.29, 1.82) is 0 Å². The van der Waals surface area contributed by atoms with Gasteiger partial charge in [0, 0.05) is 9.52 Å². The van der Waals surface area contributed by atoms with Gasteiger partial charge >= 0.3 is 37.9 Å². The van der Waals surface area contributed by atoms with Crippen molar-refractivity contribution in [3.8, 4) is 22.3 Å². The average Bonchev–Trinajstić information content (AvgIpc) is 3.75. The number of halogens is 2. The zero-order chi connectivity index (χ0) is 36.1. The van der Waals surface area contributed by atoms with Crippen molar-refractivity contribution in [3.63, 3.8) is 0 Å². The van der Waals surface area contributed by atoms with Crippen LogP contribution in [0, 0.1) is 0 Å². The molecule has 0 aliphatic heterocycles. The molecule has 0 N–H and O–H groups in total. The Hall–Kier alpha value is -2.22. The quantitative estimate of drug-likeness (QED) is 0.0854. The van der Waals surface area contributed by atoms with Crippen molar-refractivity contribution >= 4 is 48.1 Å². The summed E-state index contributed by atoms with van der Waals surface area (Å²) in [5, 5.41) is 5.59. The minimum atomic E-state index is -0.826. The second kappa shape index (κ2) is 24.1. The Balaban J connectivity index is 0.000000234. The molecular formula is C46H56Cl2SiZr. The Labute approximate surface area is 325 Å². The monoisotopic (exact) mass is 796 g/mol. The summed E-state index contributed by atoms with van der Waals surface area (Å²) in [6, 6.07) is 40.8. The number of hydrogen-bond donors (Lipinski definition) is 0. The van der Waals surface area contributed by atoms with Crippen LogP contribution in [0.1, 0.15) is 88.5 Å². The van der Waals surface area contributed by atoms with Gasteiger partial charge in [-0.3, -0.25) is 0 Å². The van der Waals surface area contributed by atoms with Crippen LogP contribution in [-0.4, -0.2) is 9.52 Å². The van der Waals surface area contributed by atoms with Crippen LogP contribution in [0.3, 0.4) is 0 Å². The predicted octanol–water partition coefficient (Wildman–Crippen LogP) is 15.2. The topological polar surface area (TPSA) is 0 Å². The first-order chi connectivity index (χ1) is 24.5. The van der Waals surface area contributed by atoms with Crippen LogP contribution in [0.15, 0.2) is 109 Å². The molecule has 0 nitrogen and oxygen atoms in total. The number of benzene rings is 4. The molecule has 6 rings (SSSR count). The molecule has 0 saturated carbocycles. The summed E-state index contributed by atoms with van der Waals surface area (Å²) in [6.07, 6.45) is 12.1. The molecule has 0 unspecified atom stereocenters. The Morgan fingerprint density at radius 1 is 0.500 bits per heavy atom. The van der Waals surface area contributed by atoms with Crippen LogP contribution in [0.25, 0.3) is 43.8 Å². The summed E-state index contributed by atoms with van der Waals surface area (Å²) in [4.78, 5) is 0. The number of hydrogen-bond acceptors (Lipinski definition) is 0. The van der Waals surface area contributed by atoms with E-state index in [0.29, 0.717) is 0 Å². The summed E-state index contributed by atoms with van der Waals surface area (Å²) in [5.74, 6) is 0. The summed E-state index contributed by atoms with van der Waals surface area (Å²) in [7, 11) is 11.0. The third-order valence-corrected chi connectivity index (χ3v) is 8.91. The van der Waals surface area contributed by atoms with Crippen LogP contribution in [-0.2, 0) is 46.5 Å². The summed E-state index contributed by atoms with van der Waals surface area (Å²) in [6.45, 7) is 13.3. The van der Waals surface area contributed by atoms with E-state index in [4.69, 9.17) is 17.0 Å². The van der Waals surface area contributed by atoms with Crippen LogP contribution in [0.2, 0.25) is 13.1 Å². The van der Waals surface area contributed by atoms with Crippen molar-refractivity contribution < 1.29 is 20.8 Å². The van der Waals surface area contributed by atoms with Crippen LogP contribution in [0.5, 0.6) is 0 Å². The van der Waals surface area contributed by atoms with Gasteiger partial charge < -0.3 is 0 Å². The first kappa shape index (κ1) is 42.2. The molecule has 0 aromatic heterocycles. The fourth-order valence-corrected chi connectivity index (χ4v) is 6.67. The standard InChI is InChI=1S/2C22H25.C2H6Si.2ClH.Zr/c2*1-3-5-10-18-11-6-7-13-20(18)21-14-8-12-19-15-17(9-4-2)16-22(19)21;1-3-2;;;/h2*6-8,11-16H,3-5,9-10H2,1-2H3;1-2H3;2*1H;/q2*-1;;;;+4/p-2. The van der Waals surface area contributed by atoms with E-state index in [-0.39, 0.29) is 0 Å². The van der Waals surface area contributed by atoms with Crippen LogP contribution >= 0.6 is 17.0 Å². The molecule has 0 atom stereocenters. The van der Waals surface area contributed by atoms with Gasteiger partial charge in [0.05, 0.1) is 0 Å². The van der Waals surface area contributed by atoms with Gasteiger partial charge in [-0.05, 0) is 60.8 Å². The van der Waals surface area contributed by atoms with Gasteiger partial charge in [-0.15, -0.1) is 69.1 Å². The first-order valence-corrected chi connectivity index (χ1v) is 26.9. The molecule has 262 valence electrons. The zero-order valence-electron chi connectivity index (χ0n) is 31.2. The molecule has 0 saturated heterocycles. The van der Waals surface area contributed by atoms with Crippen molar-refractivity contribution in [3.05, 3.63) is 131 Å². The minimum absolute atomic E-state index is 0.826. The van der Waals surface area contributed by atoms with Gasteiger partial charge in [0.15, 0.2) is 0 Å². The maximum atomic E-state index is 4.93. The third-order valence-electron chi connectivity index (χ3n) is 8.91. The predicted molar refractivity (Wildman–Crippen MR) is 224 cm³/mol. The van der Waals surface area contributed by atoms with Gasteiger partial charge in [-0.25, -0.2) is 0 Å². The van der Waals surface area contributed by atoms with Crippen molar-refractivity contribution in [2.45, 2.75) is 105 Å².